The van der Waals surface area contributed by atoms with Crippen molar-refractivity contribution in [2.24, 2.45) is 0 Å². The van der Waals surface area contributed by atoms with Crippen LogP contribution in [0.15, 0.2) is 18.5 Å². The van der Waals surface area contributed by atoms with E-state index in [0.717, 1.165) is 12.8 Å². The number of anilines is 1. The molecule has 11 nitrogen and oxygen atoms in total. The third kappa shape index (κ3) is 4.23. The van der Waals surface area contributed by atoms with Crippen molar-refractivity contribution in [3.05, 3.63) is 24.2 Å². The van der Waals surface area contributed by atoms with Crippen LogP contribution in [0.25, 0.3) is 5.52 Å². The molecule has 2 aromatic heterocycles. The monoisotopic (exact) mass is 431 g/mol. The lowest BCUT2D eigenvalue weighted by Crippen LogP contribution is -2.41. The minimum Gasteiger partial charge on any atom is -0.463 e. The SMILES string of the molecule is CCCCC(=O)Nc1ncnn2c([C@]3(C#N)O[C@H](COC(=O)CC)[C@@H](O)[C@H]3O)ccc12. The summed E-state index contributed by atoms with van der Waals surface area (Å²) in [6.45, 7) is 3.29. The van der Waals surface area contributed by atoms with Gasteiger partial charge in [0.15, 0.2) is 5.82 Å². The molecule has 2 aromatic rings. The largest absolute Gasteiger partial charge is 0.463 e. The molecule has 166 valence electrons. The number of aliphatic hydroxyl groups is 2. The van der Waals surface area contributed by atoms with Gasteiger partial charge < -0.3 is 25.0 Å². The Morgan fingerprint density at radius 2 is 2.16 bits per heavy atom. The van der Waals surface area contributed by atoms with Gasteiger partial charge in [0.1, 0.15) is 42.8 Å². The highest BCUT2D eigenvalue weighted by Gasteiger charge is 2.57. The Bertz CT molecular complexity index is 1000. The van der Waals surface area contributed by atoms with Crippen LogP contribution < -0.4 is 5.32 Å². The van der Waals surface area contributed by atoms with E-state index in [1.807, 2.05) is 13.0 Å². The van der Waals surface area contributed by atoms with E-state index in [4.69, 9.17) is 9.47 Å². The highest BCUT2D eigenvalue weighted by molar-refractivity contribution is 5.93. The average molecular weight is 431 g/mol. The molecule has 3 N–H and O–H groups in total. The molecular weight excluding hydrogens is 406 g/mol. The summed E-state index contributed by atoms with van der Waals surface area (Å²) >= 11 is 0. The predicted octanol–water partition coefficient (Wildman–Crippen LogP) is 0.651. The number of ether oxygens (including phenoxy) is 2. The van der Waals surface area contributed by atoms with Gasteiger partial charge in [-0.05, 0) is 18.6 Å². The van der Waals surface area contributed by atoms with Gasteiger partial charge >= 0.3 is 5.97 Å². The Balaban J connectivity index is 1.92. The van der Waals surface area contributed by atoms with Crippen LogP contribution in [-0.2, 0) is 24.7 Å². The number of nitrogens with zero attached hydrogens (tertiary/aromatic N) is 4. The second kappa shape index (κ2) is 9.38. The van der Waals surface area contributed by atoms with Crippen molar-refractivity contribution in [1.29, 1.82) is 5.26 Å². The van der Waals surface area contributed by atoms with E-state index in [0.29, 0.717) is 11.9 Å². The lowest BCUT2D eigenvalue weighted by atomic mass is 9.92. The second-order valence-corrected chi connectivity index (χ2v) is 7.25. The predicted molar refractivity (Wildman–Crippen MR) is 107 cm³/mol. The van der Waals surface area contributed by atoms with E-state index in [1.54, 1.807) is 13.0 Å². The summed E-state index contributed by atoms with van der Waals surface area (Å²) in [6, 6.07) is 5.02. The molecule has 0 aliphatic carbocycles. The summed E-state index contributed by atoms with van der Waals surface area (Å²) in [5.74, 6) is -0.452. The smallest absolute Gasteiger partial charge is 0.305 e. The fourth-order valence-electron chi connectivity index (χ4n) is 3.44. The van der Waals surface area contributed by atoms with Crippen LogP contribution in [0, 0.1) is 11.3 Å². The maximum Gasteiger partial charge on any atom is 0.305 e. The molecule has 0 spiro atoms. The standard InChI is InChI=1S/C20H25N5O6/c1-3-5-6-15(26)24-19-12-7-8-14(25(12)23-11-22-19)20(10-21)18(29)17(28)13(31-20)9-30-16(27)4-2/h7-8,11,13,17-18,28-29H,3-6,9H2,1-2H3,(H,22,23,24,26)/t13-,17-,18-,20+/m1/s1. The van der Waals surface area contributed by atoms with Crippen LogP contribution in [0.4, 0.5) is 5.82 Å². The van der Waals surface area contributed by atoms with Crippen LogP contribution in [0.2, 0.25) is 0 Å². The molecule has 1 fully saturated rings. The average Bonchev–Trinajstić information content (AvgIpc) is 3.32. The van der Waals surface area contributed by atoms with Crippen LogP contribution in [0.1, 0.15) is 45.2 Å². The lowest BCUT2D eigenvalue weighted by molar-refractivity contribution is -0.150. The molecule has 0 unspecified atom stereocenters. The first-order chi connectivity index (χ1) is 14.9. The second-order valence-electron chi connectivity index (χ2n) is 7.25. The summed E-state index contributed by atoms with van der Waals surface area (Å²) in [6.07, 6.45) is -0.905. The summed E-state index contributed by atoms with van der Waals surface area (Å²) in [7, 11) is 0. The van der Waals surface area contributed by atoms with Crippen LogP contribution in [0.5, 0.6) is 0 Å². The number of nitriles is 1. The molecule has 11 heteroatoms. The molecule has 1 aliphatic heterocycles. The number of aromatic nitrogens is 3. The topological polar surface area (TPSA) is 159 Å². The number of hydrogen-bond acceptors (Lipinski definition) is 9. The van der Waals surface area contributed by atoms with Crippen LogP contribution >= 0.6 is 0 Å². The molecule has 1 aliphatic rings. The number of nitrogens with one attached hydrogen (secondary N) is 1. The Hall–Kier alpha value is -3.07. The number of esters is 1. The Labute approximate surface area is 178 Å². The van der Waals surface area contributed by atoms with E-state index in [-0.39, 0.29) is 30.4 Å². The van der Waals surface area contributed by atoms with Gasteiger partial charge in [0.25, 0.3) is 0 Å². The Morgan fingerprint density at radius 1 is 1.39 bits per heavy atom. The fourth-order valence-corrected chi connectivity index (χ4v) is 3.44. The number of hydrogen-bond donors (Lipinski definition) is 3. The molecule has 1 amide bonds. The normalized spacial score (nSPS) is 25.3. The molecule has 3 rings (SSSR count). The van der Waals surface area contributed by atoms with Gasteiger partial charge in [-0.1, -0.05) is 20.3 Å². The van der Waals surface area contributed by atoms with Crippen LogP contribution in [0.3, 0.4) is 0 Å². The van der Waals surface area contributed by atoms with Crippen molar-refractivity contribution in [1.82, 2.24) is 14.6 Å². The molecule has 4 atom stereocenters. The number of carbonyl (C=O) groups excluding carboxylic acids is 2. The van der Waals surface area contributed by atoms with Crippen molar-refractivity contribution >= 4 is 23.2 Å². The van der Waals surface area contributed by atoms with E-state index in [1.165, 1.54) is 16.9 Å². The zero-order valence-corrected chi connectivity index (χ0v) is 17.3. The summed E-state index contributed by atoms with van der Waals surface area (Å²) < 4.78 is 12.1. The Morgan fingerprint density at radius 3 is 2.84 bits per heavy atom. The summed E-state index contributed by atoms with van der Waals surface area (Å²) in [4.78, 5) is 27.6. The van der Waals surface area contributed by atoms with Gasteiger partial charge in [-0.15, -0.1) is 0 Å². The minimum atomic E-state index is -1.97. The zero-order chi connectivity index (χ0) is 22.6. The van der Waals surface area contributed by atoms with Gasteiger partial charge in [0, 0.05) is 12.8 Å². The van der Waals surface area contributed by atoms with Gasteiger partial charge in [0.2, 0.25) is 11.5 Å². The Kier molecular flexibility index (Phi) is 6.84. The van der Waals surface area contributed by atoms with E-state index in [9.17, 15) is 25.1 Å². The molecule has 0 aromatic carbocycles. The van der Waals surface area contributed by atoms with E-state index in [2.05, 4.69) is 15.4 Å². The van der Waals surface area contributed by atoms with Crippen molar-refractivity contribution in [3.63, 3.8) is 0 Å². The summed E-state index contributed by atoms with van der Waals surface area (Å²) in [5.41, 5.74) is -1.43. The van der Waals surface area contributed by atoms with Gasteiger partial charge in [0.05, 0.1) is 5.69 Å². The highest BCUT2D eigenvalue weighted by Crippen LogP contribution is 2.40. The first kappa shape index (κ1) is 22.6. The molecular formula is C20H25N5O6. The fraction of sp³-hybridized carbons (Fsp3) is 0.550. The molecule has 1 saturated heterocycles. The molecule has 0 bridgehead atoms. The number of carbonyl (C=O) groups is 2. The lowest BCUT2D eigenvalue weighted by Gasteiger charge is -2.24. The molecule has 0 radical (unpaired) electrons. The maximum absolute atomic E-state index is 12.1. The third-order valence-corrected chi connectivity index (χ3v) is 5.17. The number of fused-ring (bicyclic) bond motifs is 1. The van der Waals surface area contributed by atoms with Gasteiger partial charge in [-0.25, -0.2) is 9.50 Å². The summed E-state index contributed by atoms with van der Waals surface area (Å²) in [5, 5.41) is 37.9. The highest BCUT2D eigenvalue weighted by atomic mass is 16.6. The van der Waals surface area contributed by atoms with Gasteiger partial charge in [-0.2, -0.15) is 10.4 Å². The number of aliphatic hydroxyl groups excluding tert-OH is 2. The van der Waals surface area contributed by atoms with Crippen LogP contribution in [-0.4, -0.2) is 61.6 Å². The maximum atomic E-state index is 12.1. The third-order valence-electron chi connectivity index (χ3n) is 5.17. The quantitative estimate of drug-likeness (QED) is 0.510. The molecule has 31 heavy (non-hydrogen) atoms. The first-order valence-corrected chi connectivity index (χ1v) is 10.1. The first-order valence-electron chi connectivity index (χ1n) is 10.1. The van der Waals surface area contributed by atoms with E-state index < -0.39 is 29.9 Å². The van der Waals surface area contributed by atoms with Crippen molar-refractivity contribution < 1.29 is 29.3 Å². The minimum absolute atomic E-state index is 0.141. The number of amides is 1. The molecule has 3 heterocycles. The number of unbranched alkanes of at least 4 members (excludes halogenated alkanes) is 1. The van der Waals surface area contributed by atoms with E-state index >= 15 is 0 Å². The molecule has 0 saturated carbocycles. The van der Waals surface area contributed by atoms with Crippen molar-refractivity contribution in [2.45, 2.75) is 63.4 Å². The van der Waals surface area contributed by atoms with Crippen molar-refractivity contribution in [3.8, 4) is 6.07 Å². The van der Waals surface area contributed by atoms with Crippen molar-refractivity contribution in [2.75, 3.05) is 11.9 Å². The van der Waals surface area contributed by atoms with Gasteiger partial charge in [-0.3, -0.25) is 9.59 Å². The number of rotatable bonds is 8. The zero-order valence-electron chi connectivity index (χ0n) is 17.3.